The first-order chi connectivity index (χ1) is 28.1. The van der Waals surface area contributed by atoms with Gasteiger partial charge in [0.25, 0.3) is 0 Å². The van der Waals surface area contributed by atoms with Gasteiger partial charge < -0.3 is 34.7 Å². The molecular formula is C30H24ClN8Na4O17S5+. The van der Waals surface area contributed by atoms with Crippen molar-refractivity contribution in [1.82, 2.24) is 15.0 Å². The van der Waals surface area contributed by atoms with E-state index in [1.807, 2.05) is 0 Å². The summed E-state index contributed by atoms with van der Waals surface area (Å²) in [6, 6.07) is 9.32. The third-order valence-electron chi connectivity index (χ3n) is 7.66. The topological polar surface area (TPSA) is 406 Å². The zero-order valence-electron chi connectivity index (χ0n) is 34.1. The van der Waals surface area contributed by atoms with Gasteiger partial charge in [-0.2, -0.15) is 23.4 Å². The molecule has 0 unspecified atom stereocenters. The fourth-order valence-corrected chi connectivity index (χ4v) is 8.53. The summed E-state index contributed by atoms with van der Waals surface area (Å²) >= 11 is 6.06. The Morgan fingerprint density at radius 2 is 1.32 bits per heavy atom. The van der Waals surface area contributed by atoms with Crippen LogP contribution in [0, 0.1) is 0 Å². The Bertz CT molecular complexity index is 3230. The van der Waals surface area contributed by atoms with E-state index in [0.717, 1.165) is 24.3 Å². The molecule has 0 atom stereocenters. The van der Waals surface area contributed by atoms with Gasteiger partial charge in [-0.1, -0.05) is 13.0 Å². The van der Waals surface area contributed by atoms with Crippen molar-refractivity contribution in [1.29, 1.82) is 0 Å². The molecule has 0 saturated heterocycles. The van der Waals surface area contributed by atoms with Crippen LogP contribution in [0.4, 0.5) is 40.3 Å². The maximum absolute atomic E-state index is 12.7. The van der Waals surface area contributed by atoms with E-state index in [9.17, 15) is 65.6 Å². The molecule has 65 heavy (non-hydrogen) atoms. The molecule has 25 nitrogen and oxygen atoms in total. The minimum absolute atomic E-state index is 0. The van der Waals surface area contributed by atoms with Crippen molar-refractivity contribution in [3.63, 3.8) is 0 Å². The molecule has 1 heterocycles. The summed E-state index contributed by atoms with van der Waals surface area (Å²) in [4.78, 5) is 20.4. The minimum atomic E-state index is -5.65. The van der Waals surface area contributed by atoms with Gasteiger partial charge in [0, 0.05) is 23.2 Å². The van der Waals surface area contributed by atoms with Gasteiger partial charge in [-0.3, -0.25) is 9.35 Å². The van der Waals surface area contributed by atoms with Gasteiger partial charge >= 0.3 is 129 Å². The normalized spacial score (nSPS) is 12.0. The SMILES string of the molecule is CCC(=O)Nc1cc(S(=O)(=O)[O-])cc2cc(S(=O)(=O)[O-])c(N=Nc3cc(Nc4nc(Cl)nc(Nc5cccc(S(=O)(=O)CCOS(=O)(=O)O)c5)n4)ccc3S(=O)(=O)[O-])c(O)c12.[Na+].[Na+].[Na+].[Na+]. The van der Waals surface area contributed by atoms with Crippen molar-refractivity contribution in [2.24, 2.45) is 10.2 Å². The number of carbonyl (C=O) groups is 1. The molecule has 1 aromatic heterocycles. The molecule has 0 aliphatic rings. The molecule has 0 aliphatic carbocycles. The Morgan fingerprint density at radius 3 is 1.86 bits per heavy atom. The van der Waals surface area contributed by atoms with Crippen molar-refractivity contribution in [2.45, 2.75) is 32.9 Å². The molecule has 5 rings (SSSR count). The van der Waals surface area contributed by atoms with Crippen molar-refractivity contribution < 1.29 is 193 Å². The zero-order chi connectivity index (χ0) is 45.3. The third-order valence-corrected chi connectivity index (χ3v) is 12.5. The number of sulfone groups is 1. The van der Waals surface area contributed by atoms with Crippen LogP contribution >= 0.6 is 11.6 Å². The molecule has 35 heteroatoms. The Kier molecular flexibility index (Phi) is 23.0. The fraction of sp³-hybridized carbons (Fsp3) is 0.133. The van der Waals surface area contributed by atoms with Crippen molar-refractivity contribution >= 4 is 119 Å². The molecule has 5 aromatic rings. The Labute approximate surface area is 463 Å². The number of aromatic nitrogens is 3. The molecule has 326 valence electrons. The molecule has 0 fully saturated rings. The second-order valence-electron chi connectivity index (χ2n) is 11.9. The molecule has 0 bridgehead atoms. The van der Waals surface area contributed by atoms with E-state index < -0.39 is 122 Å². The zero-order valence-corrected chi connectivity index (χ0v) is 46.9. The first kappa shape index (κ1) is 61.5. The number of carbonyl (C=O) groups excluding carboxylic acids is 1. The van der Waals surface area contributed by atoms with Crippen LogP contribution in [0.2, 0.25) is 5.28 Å². The molecule has 0 radical (unpaired) electrons. The number of hydrogen-bond acceptors (Lipinski definition) is 23. The first-order valence-corrected chi connectivity index (χ1v) is 23.7. The van der Waals surface area contributed by atoms with E-state index in [1.54, 1.807) is 0 Å². The number of benzene rings is 4. The molecule has 4 aromatic carbocycles. The van der Waals surface area contributed by atoms with Crippen LogP contribution in [-0.4, -0.2) is 98.6 Å². The van der Waals surface area contributed by atoms with Gasteiger partial charge in [0.05, 0.1) is 37.6 Å². The molecule has 0 spiro atoms. The van der Waals surface area contributed by atoms with E-state index in [2.05, 4.69) is 45.3 Å². The fourth-order valence-electron chi connectivity index (χ4n) is 5.07. The van der Waals surface area contributed by atoms with Gasteiger partial charge in [-0.05, 0) is 71.6 Å². The smallest absolute Gasteiger partial charge is 0.744 e. The largest absolute Gasteiger partial charge is 1.00 e. The summed E-state index contributed by atoms with van der Waals surface area (Å²) in [6.07, 6.45) is -0.204. The summed E-state index contributed by atoms with van der Waals surface area (Å²) < 4.78 is 169. The number of amides is 1. The van der Waals surface area contributed by atoms with Crippen LogP contribution in [0.15, 0.2) is 90.5 Å². The predicted octanol–water partition coefficient (Wildman–Crippen LogP) is -9.04. The average Bonchev–Trinajstić information content (AvgIpc) is 3.12. The minimum Gasteiger partial charge on any atom is -0.744 e. The van der Waals surface area contributed by atoms with Crippen molar-refractivity contribution in [2.75, 3.05) is 28.3 Å². The van der Waals surface area contributed by atoms with Crippen LogP contribution in [0.5, 0.6) is 5.75 Å². The quantitative estimate of drug-likeness (QED) is 0.0348. The monoisotopic (exact) mass is 1050 g/mol. The van der Waals surface area contributed by atoms with Crippen LogP contribution in [0.3, 0.4) is 0 Å². The number of aromatic hydroxyl groups is 1. The van der Waals surface area contributed by atoms with E-state index in [0.29, 0.717) is 18.2 Å². The predicted molar refractivity (Wildman–Crippen MR) is 206 cm³/mol. The summed E-state index contributed by atoms with van der Waals surface area (Å²) in [5, 5.41) is 24.4. The van der Waals surface area contributed by atoms with E-state index in [4.69, 9.17) is 16.2 Å². The third kappa shape index (κ3) is 16.8. The van der Waals surface area contributed by atoms with Crippen LogP contribution in [0.1, 0.15) is 13.3 Å². The number of phenols is 1. The van der Waals surface area contributed by atoms with Crippen molar-refractivity contribution in [3.05, 3.63) is 65.9 Å². The first-order valence-electron chi connectivity index (χ1n) is 16.1. The van der Waals surface area contributed by atoms with Crippen molar-refractivity contribution in [3.8, 4) is 5.75 Å². The number of nitrogens with zero attached hydrogens (tertiary/aromatic N) is 5. The van der Waals surface area contributed by atoms with Gasteiger partial charge in [0.1, 0.15) is 41.7 Å². The average molecular weight is 1060 g/mol. The number of anilines is 5. The number of nitrogens with one attached hydrogen (secondary N) is 3. The van der Waals surface area contributed by atoms with Crippen LogP contribution in [0.25, 0.3) is 10.8 Å². The van der Waals surface area contributed by atoms with Gasteiger partial charge in [-0.25, -0.2) is 37.9 Å². The number of phenolic OH excluding ortho intramolecular Hbond substituents is 1. The Balaban J connectivity index is 0.00000528. The standard InChI is InChI=1S/C30H27ClN8O17S5.4Na/c1-2-24(40)34-21-14-19(58(44,45)46)10-15-11-23(60(50,51)52)26(27(41)25(15)21)39-38-20-13-17(6-7-22(20)59(47,48)49)33-30-36-28(31)35-29(37-30)32-16-4-3-5-18(12-16)57(42,43)9-8-56-61(53,54)55;;;;/h3-7,10-14,41H,2,8-9H2,1H3,(H,34,40)(H,44,45,46)(H,47,48,49)(H,50,51,52)(H,53,54,55)(H2,32,33,35,36,37);;;;/q;4*+1/p-3. The molecule has 5 N–H and O–H groups in total. The summed E-state index contributed by atoms with van der Waals surface area (Å²) in [5.74, 6) is -3.50. The molecule has 0 saturated carbocycles. The summed E-state index contributed by atoms with van der Waals surface area (Å²) in [5.41, 5.74) is -2.64. The summed E-state index contributed by atoms with van der Waals surface area (Å²) in [6.45, 7) is 0.500. The van der Waals surface area contributed by atoms with Crippen LogP contribution in [-0.2, 0) is 59.6 Å². The second kappa shape index (κ2) is 24.3. The summed E-state index contributed by atoms with van der Waals surface area (Å²) in [7, 11) is -25.4. The number of halogens is 1. The Hall–Kier alpha value is -1.54. The van der Waals surface area contributed by atoms with E-state index in [-0.39, 0.29) is 153 Å². The molecular weight excluding hydrogens is 1030 g/mol. The number of hydrogen-bond donors (Lipinski definition) is 5. The number of rotatable bonds is 16. The number of azo groups is 1. The molecule has 1 amide bonds. The van der Waals surface area contributed by atoms with Crippen LogP contribution < -0.4 is 134 Å². The van der Waals surface area contributed by atoms with E-state index in [1.165, 1.54) is 25.1 Å². The second-order valence-corrected chi connectivity index (χ2v) is 19.5. The maximum atomic E-state index is 12.7. The van der Waals surface area contributed by atoms with Gasteiger partial charge in [-0.15, -0.1) is 10.2 Å². The number of fused-ring (bicyclic) bond motifs is 1. The van der Waals surface area contributed by atoms with E-state index >= 15 is 0 Å². The van der Waals surface area contributed by atoms with Gasteiger partial charge in [0.2, 0.25) is 23.1 Å². The Morgan fingerprint density at radius 1 is 0.738 bits per heavy atom. The van der Waals surface area contributed by atoms with Gasteiger partial charge in [0.15, 0.2) is 15.6 Å². The maximum Gasteiger partial charge on any atom is 1.00 e. The molecule has 0 aliphatic heterocycles.